The number of nitrogens with one attached hydrogen (secondary N) is 1. The molecule has 0 fully saturated rings. The van der Waals surface area contributed by atoms with Gasteiger partial charge in [-0.15, -0.1) is 11.3 Å². The van der Waals surface area contributed by atoms with E-state index in [9.17, 15) is 4.79 Å². The highest BCUT2D eigenvalue weighted by Crippen LogP contribution is 2.27. The number of hydrogen-bond acceptors (Lipinski definition) is 5. The third-order valence-corrected chi connectivity index (χ3v) is 5.55. The number of aryl methyl sites for hydroxylation is 2. The van der Waals surface area contributed by atoms with Crippen molar-refractivity contribution < 1.29 is 4.79 Å². The van der Waals surface area contributed by atoms with Gasteiger partial charge in [0.1, 0.15) is 10.2 Å². The second kappa shape index (κ2) is 7.59. The van der Waals surface area contributed by atoms with Crippen LogP contribution in [0, 0.1) is 13.8 Å². The highest BCUT2D eigenvalue weighted by atomic mass is 32.2. The fourth-order valence-corrected chi connectivity index (χ4v) is 3.98. The van der Waals surface area contributed by atoms with Gasteiger partial charge in [-0.05, 0) is 37.1 Å². The molecule has 0 bridgehead atoms. The maximum absolute atomic E-state index is 12.6. The molecule has 0 atom stereocenters. The molecule has 2 heterocycles. The van der Waals surface area contributed by atoms with Gasteiger partial charge >= 0.3 is 0 Å². The van der Waals surface area contributed by atoms with E-state index in [4.69, 9.17) is 0 Å². The van der Waals surface area contributed by atoms with Crippen molar-refractivity contribution in [1.29, 1.82) is 0 Å². The van der Waals surface area contributed by atoms with Crippen molar-refractivity contribution >= 4 is 34.8 Å². The Morgan fingerprint density at radius 1 is 1.21 bits per heavy atom. The summed E-state index contributed by atoms with van der Waals surface area (Å²) in [6, 6.07) is 11.4. The predicted molar refractivity (Wildman–Crippen MR) is 99.8 cm³/mol. The minimum Gasteiger partial charge on any atom is -0.307 e. The first kappa shape index (κ1) is 16.7. The summed E-state index contributed by atoms with van der Waals surface area (Å²) in [6.07, 6.45) is 1.74. The fraction of sp³-hybridized carbons (Fsp3) is 0.167. The molecule has 1 N–H and O–H groups in total. The maximum Gasteiger partial charge on any atom is 0.257 e. The smallest absolute Gasteiger partial charge is 0.257 e. The van der Waals surface area contributed by atoms with Crippen LogP contribution in [-0.4, -0.2) is 15.9 Å². The number of hydrogen-bond donors (Lipinski definition) is 1. The Labute approximate surface area is 149 Å². The summed E-state index contributed by atoms with van der Waals surface area (Å²) >= 11 is 3.27. The number of thiazole rings is 1. The fourth-order valence-electron chi connectivity index (χ4n) is 2.13. The Balaban J connectivity index is 1.72. The molecule has 0 saturated carbocycles. The topological polar surface area (TPSA) is 54.9 Å². The zero-order valence-electron chi connectivity index (χ0n) is 13.4. The van der Waals surface area contributed by atoms with Gasteiger partial charge in [0.15, 0.2) is 0 Å². The van der Waals surface area contributed by atoms with Gasteiger partial charge < -0.3 is 5.32 Å². The summed E-state index contributed by atoms with van der Waals surface area (Å²) in [5, 5.41) is 4.89. The van der Waals surface area contributed by atoms with Crippen LogP contribution in [0.25, 0.3) is 0 Å². The molecule has 24 heavy (non-hydrogen) atoms. The molecular formula is C18H17N3OS2. The summed E-state index contributed by atoms with van der Waals surface area (Å²) in [4.78, 5) is 21.2. The monoisotopic (exact) mass is 355 g/mol. The number of amides is 1. The Morgan fingerprint density at radius 3 is 2.75 bits per heavy atom. The van der Waals surface area contributed by atoms with Gasteiger partial charge in [-0.25, -0.2) is 9.97 Å². The average Bonchev–Trinajstić information content (AvgIpc) is 3.01. The number of nitrogens with zero attached hydrogens (tertiary/aromatic N) is 2. The van der Waals surface area contributed by atoms with E-state index >= 15 is 0 Å². The minimum atomic E-state index is -0.141. The normalized spacial score (nSPS) is 10.6. The quantitative estimate of drug-likeness (QED) is 0.674. The SMILES string of the molecule is Cc1ccc(NC(=O)c2ccccc2CSc2nc(C)cs2)nc1. The predicted octanol–water partition coefficient (Wildman–Crippen LogP) is 4.70. The van der Waals surface area contributed by atoms with E-state index in [0.29, 0.717) is 17.1 Å². The Kier molecular flexibility index (Phi) is 5.27. The highest BCUT2D eigenvalue weighted by Gasteiger charge is 2.12. The number of benzene rings is 1. The average molecular weight is 355 g/mol. The van der Waals surface area contributed by atoms with Crippen LogP contribution in [-0.2, 0) is 5.75 Å². The van der Waals surface area contributed by atoms with E-state index in [1.54, 1.807) is 29.3 Å². The Bertz CT molecular complexity index is 843. The molecule has 3 aromatic rings. The summed E-state index contributed by atoms with van der Waals surface area (Å²) in [5.41, 5.74) is 3.74. The molecular weight excluding hydrogens is 338 g/mol. The van der Waals surface area contributed by atoms with Crippen LogP contribution in [0.1, 0.15) is 27.2 Å². The first-order chi connectivity index (χ1) is 11.6. The van der Waals surface area contributed by atoms with Crippen molar-refractivity contribution in [3.63, 3.8) is 0 Å². The first-order valence-electron chi connectivity index (χ1n) is 7.48. The summed E-state index contributed by atoms with van der Waals surface area (Å²) in [6.45, 7) is 3.95. The number of rotatable bonds is 5. The van der Waals surface area contributed by atoms with Crippen LogP contribution < -0.4 is 5.32 Å². The third-order valence-electron chi connectivity index (χ3n) is 3.36. The van der Waals surface area contributed by atoms with E-state index in [-0.39, 0.29) is 5.91 Å². The molecule has 122 valence electrons. The number of thioether (sulfide) groups is 1. The van der Waals surface area contributed by atoms with Crippen molar-refractivity contribution in [3.8, 4) is 0 Å². The first-order valence-corrected chi connectivity index (χ1v) is 9.35. The van der Waals surface area contributed by atoms with Crippen LogP contribution >= 0.6 is 23.1 Å². The molecule has 2 aromatic heterocycles. The lowest BCUT2D eigenvalue weighted by molar-refractivity contribution is 0.102. The number of pyridine rings is 1. The van der Waals surface area contributed by atoms with Gasteiger partial charge in [-0.3, -0.25) is 4.79 Å². The molecule has 1 aromatic carbocycles. The van der Waals surface area contributed by atoms with Crippen molar-refractivity contribution in [2.45, 2.75) is 23.9 Å². The number of carbonyl (C=O) groups is 1. The minimum absolute atomic E-state index is 0.141. The lowest BCUT2D eigenvalue weighted by atomic mass is 10.1. The Hall–Kier alpha value is -2.18. The van der Waals surface area contributed by atoms with E-state index in [0.717, 1.165) is 21.2 Å². The van der Waals surface area contributed by atoms with Gasteiger partial charge in [-0.1, -0.05) is 36.0 Å². The van der Waals surface area contributed by atoms with Crippen LogP contribution in [0.3, 0.4) is 0 Å². The van der Waals surface area contributed by atoms with Crippen LogP contribution in [0.15, 0.2) is 52.3 Å². The molecule has 4 nitrogen and oxygen atoms in total. The molecule has 1 amide bonds. The van der Waals surface area contributed by atoms with E-state index in [1.165, 1.54) is 0 Å². The molecule has 0 radical (unpaired) electrons. The third kappa shape index (κ3) is 4.21. The molecule has 0 aliphatic heterocycles. The Morgan fingerprint density at radius 2 is 2.04 bits per heavy atom. The van der Waals surface area contributed by atoms with Crippen molar-refractivity contribution in [2.24, 2.45) is 0 Å². The van der Waals surface area contributed by atoms with Gasteiger partial charge in [0.05, 0.1) is 0 Å². The molecule has 0 aliphatic rings. The zero-order chi connectivity index (χ0) is 16.9. The maximum atomic E-state index is 12.6. The molecule has 0 saturated heterocycles. The molecule has 0 unspecified atom stereocenters. The van der Waals surface area contributed by atoms with Crippen LogP contribution in [0.4, 0.5) is 5.82 Å². The second-order valence-electron chi connectivity index (χ2n) is 5.38. The van der Waals surface area contributed by atoms with E-state index < -0.39 is 0 Å². The van der Waals surface area contributed by atoms with Gasteiger partial charge in [0, 0.05) is 28.6 Å². The molecule has 0 aliphatic carbocycles. The number of anilines is 1. The lowest BCUT2D eigenvalue weighted by Gasteiger charge is -2.09. The van der Waals surface area contributed by atoms with Crippen LogP contribution in [0.2, 0.25) is 0 Å². The number of carbonyl (C=O) groups excluding carboxylic acids is 1. The second-order valence-corrected chi connectivity index (χ2v) is 7.46. The van der Waals surface area contributed by atoms with E-state index in [2.05, 4.69) is 15.3 Å². The molecule has 0 spiro atoms. The molecule has 6 heteroatoms. The van der Waals surface area contributed by atoms with Crippen molar-refractivity contribution in [3.05, 3.63) is 70.4 Å². The van der Waals surface area contributed by atoms with Gasteiger partial charge in [0.25, 0.3) is 5.91 Å². The number of aromatic nitrogens is 2. The van der Waals surface area contributed by atoms with Gasteiger partial charge in [-0.2, -0.15) is 0 Å². The standard InChI is InChI=1S/C18H17N3OS2/c1-12-7-8-16(19-9-12)21-17(22)15-6-4-3-5-14(15)11-24-18-20-13(2)10-23-18/h3-10H,11H2,1-2H3,(H,19,21,22). The lowest BCUT2D eigenvalue weighted by Crippen LogP contribution is -2.14. The highest BCUT2D eigenvalue weighted by molar-refractivity contribution is 8.00. The molecule has 3 rings (SSSR count). The zero-order valence-corrected chi connectivity index (χ0v) is 15.1. The van der Waals surface area contributed by atoms with Gasteiger partial charge in [0.2, 0.25) is 0 Å². The van der Waals surface area contributed by atoms with Crippen molar-refractivity contribution in [1.82, 2.24) is 9.97 Å². The van der Waals surface area contributed by atoms with Crippen LogP contribution in [0.5, 0.6) is 0 Å². The van der Waals surface area contributed by atoms with E-state index in [1.807, 2.05) is 55.6 Å². The summed E-state index contributed by atoms with van der Waals surface area (Å²) in [7, 11) is 0. The largest absolute Gasteiger partial charge is 0.307 e. The summed E-state index contributed by atoms with van der Waals surface area (Å²) < 4.78 is 1.02. The summed E-state index contributed by atoms with van der Waals surface area (Å²) in [5.74, 6) is 1.12. The van der Waals surface area contributed by atoms with Crippen molar-refractivity contribution in [2.75, 3.05) is 5.32 Å².